The van der Waals surface area contributed by atoms with Gasteiger partial charge in [0.2, 0.25) is 15.4 Å². The first-order valence-corrected chi connectivity index (χ1v) is 7.87. The Balaban J connectivity index is 2.18. The fraction of sp³-hybridized carbons (Fsp3) is 0.667. The molecule has 1 aliphatic heterocycles. The molecular weight excluding hydrogens is 276 g/mol. The molecule has 100 valence electrons. The van der Waals surface area contributed by atoms with Crippen molar-refractivity contribution in [3.05, 3.63) is 0 Å². The molecule has 1 aromatic heterocycles. The topological polar surface area (TPSA) is 92.3 Å². The second-order valence-electron chi connectivity index (χ2n) is 4.02. The molecule has 1 aliphatic rings. The lowest BCUT2D eigenvalue weighted by Gasteiger charge is -2.24. The summed E-state index contributed by atoms with van der Waals surface area (Å²) in [6.45, 7) is 2.38. The van der Waals surface area contributed by atoms with E-state index in [9.17, 15) is 13.2 Å². The van der Waals surface area contributed by atoms with E-state index in [-0.39, 0.29) is 15.4 Å². The van der Waals surface area contributed by atoms with Crippen LogP contribution in [-0.2, 0) is 14.8 Å². The van der Waals surface area contributed by atoms with Crippen LogP contribution in [0, 0.1) is 0 Å². The van der Waals surface area contributed by atoms with Crippen LogP contribution >= 0.6 is 11.3 Å². The second-order valence-corrected chi connectivity index (χ2v) is 7.11. The molecule has 1 saturated heterocycles. The van der Waals surface area contributed by atoms with Gasteiger partial charge in [-0.15, -0.1) is 10.2 Å². The summed E-state index contributed by atoms with van der Waals surface area (Å²) in [6, 6.07) is 0. The number of nitrogens with one attached hydrogen (secondary N) is 1. The fourth-order valence-corrected chi connectivity index (χ4v) is 4.33. The molecule has 0 atom stereocenters. The lowest BCUT2D eigenvalue weighted by molar-refractivity contribution is -0.114. The SMILES string of the molecule is CC(=O)Nc1nnc(S(=O)(=O)N2CCCCC2)s1. The Morgan fingerprint density at radius 2 is 1.94 bits per heavy atom. The summed E-state index contributed by atoms with van der Waals surface area (Å²) < 4.78 is 25.8. The van der Waals surface area contributed by atoms with Crippen molar-refractivity contribution in [1.82, 2.24) is 14.5 Å². The molecule has 1 aromatic rings. The molecular formula is C9H14N4O3S2. The van der Waals surface area contributed by atoms with Crippen molar-refractivity contribution in [2.24, 2.45) is 0 Å². The second kappa shape index (κ2) is 5.29. The van der Waals surface area contributed by atoms with Gasteiger partial charge in [-0.1, -0.05) is 17.8 Å². The molecule has 2 heterocycles. The zero-order chi connectivity index (χ0) is 13.2. The molecule has 0 radical (unpaired) electrons. The molecule has 1 fully saturated rings. The van der Waals surface area contributed by atoms with E-state index in [2.05, 4.69) is 15.5 Å². The van der Waals surface area contributed by atoms with Gasteiger partial charge in [-0.3, -0.25) is 4.79 Å². The first kappa shape index (κ1) is 13.4. The van der Waals surface area contributed by atoms with E-state index in [0.29, 0.717) is 13.1 Å². The van der Waals surface area contributed by atoms with Gasteiger partial charge in [0.15, 0.2) is 0 Å². The predicted molar refractivity (Wildman–Crippen MR) is 66.8 cm³/mol. The maximum absolute atomic E-state index is 12.2. The van der Waals surface area contributed by atoms with E-state index >= 15 is 0 Å². The van der Waals surface area contributed by atoms with Crippen molar-refractivity contribution in [3.63, 3.8) is 0 Å². The highest BCUT2D eigenvalue weighted by Gasteiger charge is 2.29. The number of hydrogen-bond acceptors (Lipinski definition) is 6. The minimum atomic E-state index is -3.55. The minimum Gasteiger partial charge on any atom is -0.301 e. The minimum absolute atomic E-state index is 0.0619. The number of carbonyl (C=O) groups is 1. The third-order valence-corrected chi connectivity index (χ3v) is 5.65. The first-order valence-electron chi connectivity index (χ1n) is 5.61. The number of sulfonamides is 1. The number of hydrogen-bond donors (Lipinski definition) is 1. The maximum atomic E-state index is 12.2. The average molecular weight is 290 g/mol. The molecule has 0 unspecified atom stereocenters. The van der Waals surface area contributed by atoms with Crippen molar-refractivity contribution in [3.8, 4) is 0 Å². The number of amides is 1. The zero-order valence-corrected chi connectivity index (χ0v) is 11.6. The molecule has 2 rings (SSSR count). The number of rotatable bonds is 3. The van der Waals surface area contributed by atoms with Gasteiger partial charge in [0.05, 0.1) is 0 Å². The van der Waals surface area contributed by atoms with E-state index in [1.54, 1.807) is 0 Å². The van der Waals surface area contributed by atoms with Gasteiger partial charge < -0.3 is 5.32 Å². The van der Waals surface area contributed by atoms with Crippen LogP contribution in [0.15, 0.2) is 4.34 Å². The van der Waals surface area contributed by atoms with Crippen LogP contribution in [0.2, 0.25) is 0 Å². The van der Waals surface area contributed by atoms with E-state index in [0.717, 1.165) is 30.6 Å². The number of aromatic nitrogens is 2. The Labute approximate surface area is 109 Å². The van der Waals surface area contributed by atoms with Crippen molar-refractivity contribution < 1.29 is 13.2 Å². The highest BCUT2D eigenvalue weighted by molar-refractivity contribution is 7.91. The quantitative estimate of drug-likeness (QED) is 0.826. The Bertz CT molecular complexity index is 534. The molecule has 0 spiro atoms. The van der Waals surface area contributed by atoms with Crippen LogP contribution in [0.3, 0.4) is 0 Å². The van der Waals surface area contributed by atoms with Crippen LogP contribution in [0.5, 0.6) is 0 Å². The van der Waals surface area contributed by atoms with Crippen LogP contribution in [0.4, 0.5) is 5.13 Å². The Kier molecular flexibility index (Phi) is 3.93. The smallest absolute Gasteiger partial charge is 0.272 e. The third-order valence-electron chi connectivity index (χ3n) is 2.57. The number of anilines is 1. The van der Waals surface area contributed by atoms with Crippen molar-refractivity contribution in [1.29, 1.82) is 0 Å². The molecule has 0 aliphatic carbocycles. The van der Waals surface area contributed by atoms with Gasteiger partial charge in [-0.25, -0.2) is 8.42 Å². The third kappa shape index (κ3) is 2.85. The summed E-state index contributed by atoms with van der Waals surface area (Å²) in [5.74, 6) is -0.298. The molecule has 1 N–H and O–H groups in total. The maximum Gasteiger partial charge on any atom is 0.272 e. The predicted octanol–water partition coefficient (Wildman–Crippen LogP) is 0.671. The highest BCUT2D eigenvalue weighted by Crippen LogP contribution is 2.25. The summed E-state index contributed by atoms with van der Waals surface area (Å²) in [4.78, 5) is 10.8. The van der Waals surface area contributed by atoms with Gasteiger partial charge in [0.1, 0.15) is 0 Å². The molecule has 0 aromatic carbocycles. The van der Waals surface area contributed by atoms with Gasteiger partial charge in [-0.2, -0.15) is 4.31 Å². The van der Waals surface area contributed by atoms with E-state index in [1.807, 2.05) is 0 Å². The van der Waals surface area contributed by atoms with Gasteiger partial charge in [0.25, 0.3) is 10.0 Å². The lowest BCUT2D eigenvalue weighted by atomic mass is 10.2. The van der Waals surface area contributed by atoms with Gasteiger partial charge in [0, 0.05) is 20.0 Å². The first-order chi connectivity index (χ1) is 8.50. The van der Waals surface area contributed by atoms with Gasteiger partial charge >= 0.3 is 0 Å². The lowest BCUT2D eigenvalue weighted by Crippen LogP contribution is -2.35. The molecule has 18 heavy (non-hydrogen) atoms. The monoisotopic (exact) mass is 290 g/mol. The van der Waals surface area contributed by atoms with Crippen LogP contribution < -0.4 is 5.32 Å². The molecule has 0 saturated carbocycles. The summed E-state index contributed by atoms with van der Waals surface area (Å²) in [6.07, 6.45) is 2.80. The summed E-state index contributed by atoms with van der Waals surface area (Å²) >= 11 is 0.878. The Morgan fingerprint density at radius 1 is 1.28 bits per heavy atom. The standard InChI is InChI=1S/C9H14N4O3S2/c1-7(14)10-8-11-12-9(17-8)18(15,16)13-5-3-2-4-6-13/h2-6H2,1H3,(H,10,11,14). The van der Waals surface area contributed by atoms with Crippen LogP contribution in [-0.4, -0.2) is 41.9 Å². The summed E-state index contributed by atoms with van der Waals surface area (Å²) in [5.41, 5.74) is 0. The number of carbonyl (C=O) groups excluding carboxylic acids is 1. The Morgan fingerprint density at radius 3 is 2.56 bits per heavy atom. The van der Waals surface area contributed by atoms with Crippen molar-refractivity contribution in [2.75, 3.05) is 18.4 Å². The van der Waals surface area contributed by atoms with E-state index in [1.165, 1.54) is 11.2 Å². The van der Waals surface area contributed by atoms with Crippen LogP contribution in [0.1, 0.15) is 26.2 Å². The molecule has 7 nitrogen and oxygen atoms in total. The average Bonchev–Trinajstić information content (AvgIpc) is 2.78. The van der Waals surface area contributed by atoms with Crippen molar-refractivity contribution in [2.45, 2.75) is 30.5 Å². The molecule has 9 heteroatoms. The van der Waals surface area contributed by atoms with E-state index in [4.69, 9.17) is 0 Å². The van der Waals surface area contributed by atoms with Crippen molar-refractivity contribution >= 4 is 32.4 Å². The normalized spacial score (nSPS) is 17.6. The summed E-state index contributed by atoms with van der Waals surface area (Å²) in [7, 11) is -3.55. The zero-order valence-electron chi connectivity index (χ0n) is 9.92. The number of nitrogens with zero attached hydrogens (tertiary/aromatic N) is 3. The van der Waals surface area contributed by atoms with E-state index < -0.39 is 10.0 Å². The van der Waals surface area contributed by atoms with Crippen LogP contribution in [0.25, 0.3) is 0 Å². The highest BCUT2D eigenvalue weighted by atomic mass is 32.2. The number of piperidine rings is 1. The molecule has 0 bridgehead atoms. The fourth-order valence-electron chi connectivity index (χ4n) is 1.73. The largest absolute Gasteiger partial charge is 0.301 e. The molecule has 1 amide bonds. The van der Waals surface area contributed by atoms with Gasteiger partial charge in [-0.05, 0) is 12.8 Å². The summed E-state index contributed by atoms with van der Waals surface area (Å²) in [5, 5.41) is 9.92. The Hall–Kier alpha value is -1.06.